The largest absolute Gasteiger partial charge is 0.328 e. The molecule has 0 fully saturated rings. The number of hydrogen-bond acceptors (Lipinski definition) is 3. The maximum absolute atomic E-state index is 11.7. The van der Waals surface area contributed by atoms with E-state index in [2.05, 4.69) is 24.4 Å². The van der Waals surface area contributed by atoms with Gasteiger partial charge in [-0.1, -0.05) is 76.8 Å². The fourth-order valence-corrected chi connectivity index (χ4v) is 2.91. The minimum Gasteiger partial charge on any atom is -0.328 e. The van der Waals surface area contributed by atoms with E-state index in [4.69, 9.17) is 11.5 Å². The minimum absolute atomic E-state index is 0.155. The summed E-state index contributed by atoms with van der Waals surface area (Å²) in [6.07, 6.45) is 14.7. The van der Waals surface area contributed by atoms with Crippen LogP contribution < -0.4 is 16.8 Å². The van der Waals surface area contributed by atoms with E-state index in [1.807, 2.05) is 12.1 Å². The van der Waals surface area contributed by atoms with Crippen LogP contribution in [-0.4, -0.2) is 18.5 Å². The van der Waals surface area contributed by atoms with E-state index in [1.54, 1.807) is 0 Å². The van der Waals surface area contributed by atoms with Crippen molar-refractivity contribution in [2.24, 2.45) is 11.5 Å². The normalized spacial score (nSPS) is 12.1. The predicted molar refractivity (Wildman–Crippen MR) is 108 cm³/mol. The van der Waals surface area contributed by atoms with Gasteiger partial charge in [-0.3, -0.25) is 4.79 Å². The molecule has 0 radical (unpaired) electrons. The Morgan fingerprint density at radius 1 is 0.920 bits per heavy atom. The van der Waals surface area contributed by atoms with Crippen LogP contribution in [0.15, 0.2) is 24.3 Å². The third-order valence-electron chi connectivity index (χ3n) is 4.63. The molecule has 5 N–H and O–H groups in total. The molecule has 0 aliphatic carbocycles. The Morgan fingerprint density at radius 2 is 1.44 bits per heavy atom. The van der Waals surface area contributed by atoms with Gasteiger partial charge in [-0.05, 0) is 30.5 Å². The Hall–Kier alpha value is -1.39. The zero-order valence-corrected chi connectivity index (χ0v) is 15.9. The standard InChI is InChI=1S/C21H37N3O/c1-2-3-4-5-6-7-8-9-10-11-12-18-13-15-19(16-14-18)24-21(25)20(23)17-22/h13-16,20H,2-12,17,22-23H2,1H3,(H,24,25). The molecule has 0 heterocycles. The van der Waals surface area contributed by atoms with Crippen molar-refractivity contribution < 1.29 is 4.79 Å². The summed E-state index contributed by atoms with van der Waals surface area (Å²) in [5.41, 5.74) is 13.1. The number of aryl methyl sites for hydroxylation is 1. The van der Waals surface area contributed by atoms with Crippen LogP contribution in [0.1, 0.15) is 76.7 Å². The number of unbranched alkanes of at least 4 members (excludes halogenated alkanes) is 9. The fourth-order valence-electron chi connectivity index (χ4n) is 2.91. The van der Waals surface area contributed by atoms with Crippen molar-refractivity contribution in [3.63, 3.8) is 0 Å². The number of carbonyl (C=O) groups excluding carboxylic acids is 1. The van der Waals surface area contributed by atoms with Crippen molar-refractivity contribution in [3.8, 4) is 0 Å². The summed E-state index contributed by atoms with van der Waals surface area (Å²) in [6, 6.07) is 7.39. The van der Waals surface area contributed by atoms with E-state index in [1.165, 1.54) is 69.8 Å². The summed E-state index contributed by atoms with van der Waals surface area (Å²) in [7, 11) is 0. The molecule has 0 saturated carbocycles. The first-order valence-electron chi connectivity index (χ1n) is 10.0. The topological polar surface area (TPSA) is 81.1 Å². The Kier molecular flexibility index (Phi) is 12.0. The molecule has 1 unspecified atom stereocenters. The molecule has 1 rings (SSSR count). The van der Waals surface area contributed by atoms with Crippen LogP contribution in [0.3, 0.4) is 0 Å². The van der Waals surface area contributed by atoms with Gasteiger partial charge in [0.25, 0.3) is 0 Å². The maximum Gasteiger partial charge on any atom is 0.242 e. The van der Waals surface area contributed by atoms with Gasteiger partial charge in [0.05, 0.1) is 6.04 Å². The first kappa shape index (κ1) is 21.7. The van der Waals surface area contributed by atoms with Gasteiger partial charge >= 0.3 is 0 Å². The van der Waals surface area contributed by atoms with Gasteiger partial charge in [0.1, 0.15) is 0 Å². The van der Waals surface area contributed by atoms with E-state index in [9.17, 15) is 4.79 Å². The summed E-state index contributed by atoms with van der Waals surface area (Å²) < 4.78 is 0. The lowest BCUT2D eigenvalue weighted by molar-refractivity contribution is -0.117. The molecule has 0 aliphatic heterocycles. The number of anilines is 1. The fraction of sp³-hybridized carbons (Fsp3) is 0.667. The highest BCUT2D eigenvalue weighted by Crippen LogP contribution is 2.14. The SMILES string of the molecule is CCCCCCCCCCCCc1ccc(NC(=O)C(N)CN)cc1. The number of hydrogen-bond donors (Lipinski definition) is 3. The van der Waals surface area contributed by atoms with Crippen LogP contribution in [0.4, 0.5) is 5.69 Å². The van der Waals surface area contributed by atoms with Gasteiger partial charge in [-0.2, -0.15) is 0 Å². The Morgan fingerprint density at radius 3 is 1.96 bits per heavy atom. The molecule has 0 aliphatic rings. The average Bonchev–Trinajstić information content (AvgIpc) is 2.63. The monoisotopic (exact) mass is 347 g/mol. The molecule has 1 aromatic carbocycles. The molecular formula is C21H37N3O. The Labute approximate surface area is 153 Å². The number of amides is 1. The van der Waals surface area contributed by atoms with Crippen molar-refractivity contribution in [1.82, 2.24) is 0 Å². The zero-order chi connectivity index (χ0) is 18.3. The van der Waals surface area contributed by atoms with Gasteiger partial charge < -0.3 is 16.8 Å². The maximum atomic E-state index is 11.7. The second kappa shape index (κ2) is 13.9. The molecular weight excluding hydrogens is 310 g/mol. The zero-order valence-electron chi connectivity index (χ0n) is 15.9. The summed E-state index contributed by atoms with van der Waals surface area (Å²) in [5, 5.41) is 2.78. The molecule has 4 heteroatoms. The first-order chi connectivity index (χ1) is 12.2. The summed E-state index contributed by atoms with van der Waals surface area (Å²) in [5.74, 6) is -0.232. The number of nitrogens with one attached hydrogen (secondary N) is 1. The van der Waals surface area contributed by atoms with E-state index in [-0.39, 0.29) is 12.5 Å². The van der Waals surface area contributed by atoms with Crippen molar-refractivity contribution in [2.45, 2.75) is 83.6 Å². The van der Waals surface area contributed by atoms with Crippen LogP contribution in [0.5, 0.6) is 0 Å². The van der Waals surface area contributed by atoms with Crippen molar-refractivity contribution in [2.75, 3.05) is 11.9 Å². The highest BCUT2D eigenvalue weighted by molar-refractivity contribution is 5.94. The van der Waals surface area contributed by atoms with E-state index < -0.39 is 6.04 Å². The number of nitrogens with two attached hydrogens (primary N) is 2. The molecule has 0 saturated heterocycles. The number of rotatable bonds is 14. The van der Waals surface area contributed by atoms with Crippen molar-refractivity contribution in [1.29, 1.82) is 0 Å². The van der Waals surface area contributed by atoms with Gasteiger partial charge in [0, 0.05) is 12.2 Å². The van der Waals surface area contributed by atoms with E-state index in [0.29, 0.717) is 0 Å². The highest BCUT2D eigenvalue weighted by Gasteiger charge is 2.10. The molecule has 1 aromatic rings. The lowest BCUT2D eigenvalue weighted by Gasteiger charge is -2.10. The molecule has 0 bridgehead atoms. The van der Waals surface area contributed by atoms with Crippen LogP contribution in [0.25, 0.3) is 0 Å². The van der Waals surface area contributed by atoms with Gasteiger partial charge in [-0.15, -0.1) is 0 Å². The Balaban J connectivity index is 2.09. The predicted octanol–water partition coefficient (Wildman–Crippen LogP) is 4.37. The third-order valence-corrected chi connectivity index (χ3v) is 4.63. The van der Waals surface area contributed by atoms with Gasteiger partial charge in [-0.25, -0.2) is 0 Å². The van der Waals surface area contributed by atoms with Crippen molar-refractivity contribution in [3.05, 3.63) is 29.8 Å². The quantitative estimate of drug-likeness (QED) is 0.437. The Bertz CT molecular complexity index is 459. The minimum atomic E-state index is -0.647. The van der Waals surface area contributed by atoms with Gasteiger partial charge in [0.15, 0.2) is 0 Å². The molecule has 142 valence electrons. The second-order valence-corrected chi connectivity index (χ2v) is 6.96. The third kappa shape index (κ3) is 10.3. The molecule has 1 amide bonds. The lowest BCUT2D eigenvalue weighted by atomic mass is 10.0. The van der Waals surface area contributed by atoms with E-state index in [0.717, 1.165) is 12.1 Å². The summed E-state index contributed by atoms with van der Waals surface area (Å²) in [4.78, 5) is 11.7. The van der Waals surface area contributed by atoms with E-state index >= 15 is 0 Å². The van der Waals surface area contributed by atoms with Crippen molar-refractivity contribution >= 4 is 11.6 Å². The molecule has 25 heavy (non-hydrogen) atoms. The highest BCUT2D eigenvalue weighted by atomic mass is 16.2. The molecule has 1 atom stereocenters. The average molecular weight is 348 g/mol. The molecule has 4 nitrogen and oxygen atoms in total. The van der Waals surface area contributed by atoms with Gasteiger partial charge in [0.2, 0.25) is 5.91 Å². The summed E-state index contributed by atoms with van der Waals surface area (Å²) >= 11 is 0. The first-order valence-corrected chi connectivity index (χ1v) is 10.0. The molecule has 0 spiro atoms. The lowest BCUT2D eigenvalue weighted by Crippen LogP contribution is -2.41. The van der Waals surface area contributed by atoms with Crippen LogP contribution >= 0.6 is 0 Å². The number of benzene rings is 1. The van der Waals surface area contributed by atoms with Crippen LogP contribution in [0, 0.1) is 0 Å². The van der Waals surface area contributed by atoms with Crippen LogP contribution in [-0.2, 0) is 11.2 Å². The van der Waals surface area contributed by atoms with Crippen LogP contribution in [0.2, 0.25) is 0 Å². The second-order valence-electron chi connectivity index (χ2n) is 6.96. The molecule has 0 aromatic heterocycles. The number of carbonyl (C=O) groups is 1. The summed E-state index contributed by atoms with van der Waals surface area (Å²) in [6.45, 7) is 2.42. The smallest absolute Gasteiger partial charge is 0.242 e.